The Kier molecular flexibility index (Phi) is 7.32. The van der Waals surface area contributed by atoms with Gasteiger partial charge in [0.15, 0.2) is 0 Å². The molecule has 1 aromatic carbocycles. The fourth-order valence-electron chi connectivity index (χ4n) is 4.46. The van der Waals surface area contributed by atoms with Crippen molar-refractivity contribution in [2.75, 3.05) is 34.3 Å². The Balaban J connectivity index is 2.38. The summed E-state index contributed by atoms with van der Waals surface area (Å²) in [4.78, 5) is 16.8. The Bertz CT molecular complexity index is 643. The summed E-state index contributed by atoms with van der Waals surface area (Å²) in [5, 5.41) is 0. The number of rotatable bonds is 7. The normalized spacial score (nSPS) is 23.5. The lowest BCUT2D eigenvalue weighted by Gasteiger charge is -2.46. The molecule has 4 nitrogen and oxygen atoms in total. The number of carbonyl (C=O) groups is 1. The van der Waals surface area contributed by atoms with Crippen LogP contribution < -0.4 is 4.74 Å². The zero-order valence-electron chi connectivity index (χ0n) is 18.3. The van der Waals surface area contributed by atoms with E-state index in [1.54, 1.807) is 7.11 Å². The summed E-state index contributed by atoms with van der Waals surface area (Å²) in [7, 11) is 5.90. The lowest BCUT2D eigenvalue weighted by molar-refractivity contribution is -0.133. The largest absolute Gasteiger partial charge is 0.497 e. The van der Waals surface area contributed by atoms with Crippen molar-refractivity contribution in [1.29, 1.82) is 0 Å². The number of carbonyl (C=O) groups excluding carboxylic acids is 1. The number of nitrogens with zero attached hydrogens (tertiary/aromatic N) is 2. The van der Waals surface area contributed by atoms with Crippen molar-refractivity contribution < 1.29 is 9.53 Å². The molecule has 1 aliphatic heterocycles. The van der Waals surface area contributed by atoms with Gasteiger partial charge in [-0.3, -0.25) is 4.79 Å². The molecule has 1 aliphatic rings. The van der Waals surface area contributed by atoms with E-state index >= 15 is 0 Å². The summed E-state index contributed by atoms with van der Waals surface area (Å²) in [5.41, 5.74) is 2.93. The Morgan fingerprint density at radius 1 is 1.41 bits per heavy atom. The van der Waals surface area contributed by atoms with Gasteiger partial charge in [-0.05, 0) is 69.5 Å². The number of hydrogen-bond donors (Lipinski definition) is 0. The second-order valence-corrected chi connectivity index (χ2v) is 8.61. The van der Waals surface area contributed by atoms with Gasteiger partial charge >= 0.3 is 0 Å². The van der Waals surface area contributed by atoms with E-state index in [1.807, 2.05) is 25.8 Å². The van der Waals surface area contributed by atoms with E-state index in [0.717, 1.165) is 44.5 Å². The molecule has 0 N–H and O–H groups in total. The van der Waals surface area contributed by atoms with Crippen LogP contribution in [0, 0.1) is 5.92 Å². The Labute approximate surface area is 165 Å². The van der Waals surface area contributed by atoms with Crippen LogP contribution in [0.4, 0.5) is 0 Å². The molecule has 152 valence electrons. The van der Waals surface area contributed by atoms with Gasteiger partial charge in [0.2, 0.25) is 5.91 Å². The smallest absolute Gasteiger partial charge is 0.224 e. The first-order chi connectivity index (χ1) is 12.7. The van der Waals surface area contributed by atoms with Crippen LogP contribution in [0.3, 0.4) is 0 Å². The number of amides is 1. The molecule has 4 heteroatoms. The fraction of sp³-hybridized carbons (Fsp3) is 0.696. The Hall–Kier alpha value is -1.55. The van der Waals surface area contributed by atoms with Gasteiger partial charge < -0.3 is 14.5 Å². The van der Waals surface area contributed by atoms with E-state index in [9.17, 15) is 4.79 Å². The summed E-state index contributed by atoms with van der Waals surface area (Å²) in [6, 6.07) is 7.08. The molecule has 2 atom stereocenters. The van der Waals surface area contributed by atoms with Crippen molar-refractivity contribution in [2.45, 2.75) is 64.8 Å². The van der Waals surface area contributed by atoms with Crippen LogP contribution >= 0.6 is 0 Å². The van der Waals surface area contributed by atoms with Gasteiger partial charge in [0.25, 0.3) is 0 Å². The molecule has 1 fully saturated rings. The van der Waals surface area contributed by atoms with Crippen LogP contribution in [0.25, 0.3) is 0 Å². The Morgan fingerprint density at radius 3 is 2.67 bits per heavy atom. The second-order valence-electron chi connectivity index (χ2n) is 8.61. The quantitative estimate of drug-likeness (QED) is 0.720. The molecule has 27 heavy (non-hydrogen) atoms. The van der Waals surface area contributed by atoms with Crippen molar-refractivity contribution in [2.24, 2.45) is 5.92 Å². The zero-order valence-corrected chi connectivity index (χ0v) is 18.3. The molecule has 0 aliphatic carbocycles. The number of hydrogen-bond acceptors (Lipinski definition) is 3. The first-order valence-corrected chi connectivity index (χ1v) is 10.4. The average Bonchev–Trinajstić information content (AvgIpc) is 2.67. The summed E-state index contributed by atoms with van der Waals surface area (Å²) in [6.07, 6.45) is 4.26. The molecule has 0 spiro atoms. The molecule has 0 saturated carbocycles. The van der Waals surface area contributed by atoms with E-state index in [1.165, 1.54) is 11.1 Å². The van der Waals surface area contributed by atoms with Gasteiger partial charge in [0, 0.05) is 31.0 Å². The van der Waals surface area contributed by atoms with Gasteiger partial charge in [-0.25, -0.2) is 0 Å². The van der Waals surface area contributed by atoms with Gasteiger partial charge in [0.1, 0.15) is 5.75 Å². The minimum absolute atomic E-state index is 0.0467. The molecule has 1 saturated heterocycles. The molecular weight excluding hydrogens is 336 g/mol. The van der Waals surface area contributed by atoms with E-state index in [-0.39, 0.29) is 17.2 Å². The van der Waals surface area contributed by atoms with Gasteiger partial charge in [-0.2, -0.15) is 0 Å². The predicted octanol–water partition coefficient (Wildman–Crippen LogP) is 4.11. The molecule has 1 heterocycles. The molecular formula is C23H38N2O2. The third-order valence-corrected chi connectivity index (χ3v) is 6.45. The summed E-state index contributed by atoms with van der Waals surface area (Å²) in [5.74, 6) is 1.21. The van der Waals surface area contributed by atoms with Gasteiger partial charge in [0.05, 0.1) is 7.11 Å². The standard InChI is InChI=1S/C23H38N2O2/c1-8-19-9-10-20(27-7)15-21(19)23(11-13-24(5)18(4)16-23)12-14-25(6)22(26)17(2)3/h9-10,15,17-18H,8,11-14,16H2,1-7H3/t18?,23-/m0/s1. The fourth-order valence-corrected chi connectivity index (χ4v) is 4.46. The number of ether oxygens (including phenoxy) is 1. The molecule has 1 unspecified atom stereocenters. The molecule has 0 aromatic heterocycles. The first kappa shape index (κ1) is 21.7. The highest BCUT2D eigenvalue weighted by molar-refractivity contribution is 5.77. The minimum Gasteiger partial charge on any atom is -0.497 e. The van der Waals surface area contributed by atoms with E-state index in [2.05, 4.69) is 44.0 Å². The number of likely N-dealkylation sites (tertiary alicyclic amines) is 1. The van der Waals surface area contributed by atoms with Crippen LogP contribution in [0.5, 0.6) is 5.75 Å². The molecule has 1 aromatic rings. The maximum absolute atomic E-state index is 12.4. The number of piperidine rings is 1. The van der Waals surface area contributed by atoms with Crippen LogP contribution in [0.15, 0.2) is 18.2 Å². The van der Waals surface area contributed by atoms with Crippen molar-refractivity contribution >= 4 is 5.91 Å². The molecule has 1 amide bonds. The lowest BCUT2D eigenvalue weighted by Crippen LogP contribution is -2.48. The summed E-state index contributed by atoms with van der Waals surface area (Å²) >= 11 is 0. The van der Waals surface area contributed by atoms with Crippen molar-refractivity contribution in [3.05, 3.63) is 29.3 Å². The Morgan fingerprint density at radius 2 is 2.11 bits per heavy atom. The van der Waals surface area contributed by atoms with Crippen LogP contribution in [-0.2, 0) is 16.6 Å². The SMILES string of the molecule is CCc1ccc(OC)cc1[C@]1(CCN(C)C(=O)C(C)C)CCN(C)C(C)C1. The topological polar surface area (TPSA) is 32.8 Å². The summed E-state index contributed by atoms with van der Waals surface area (Å²) in [6.45, 7) is 10.4. The third-order valence-electron chi connectivity index (χ3n) is 6.45. The predicted molar refractivity (Wildman–Crippen MR) is 112 cm³/mol. The maximum atomic E-state index is 12.4. The van der Waals surface area contributed by atoms with E-state index in [4.69, 9.17) is 4.74 Å². The minimum atomic E-state index is 0.0467. The van der Waals surface area contributed by atoms with Crippen LogP contribution in [0.1, 0.15) is 58.1 Å². The maximum Gasteiger partial charge on any atom is 0.224 e. The van der Waals surface area contributed by atoms with Gasteiger partial charge in [-0.15, -0.1) is 0 Å². The number of aryl methyl sites for hydroxylation is 1. The zero-order chi connectivity index (χ0) is 20.2. The van der Waals surface area contributed by atoms with E-state index in [0.29, 0.717) is 6.04 Å². The monoisotopic (exact) mass is 374 g/mol. The van der Waals surface area contributed by atoms with Gasteiger partial charge in [-0.1, -0.05) is 26.8 Å². The van der Waals surface area contributed by atoms with Crippen molar-refractivity contribution in [1.82, 2.24) is 9.80 Å². The molecule has 2 rings (SSSR count). The van der Waals surface area contributed by atoms with Crippen molar-refractivity contribution in [3.63, 3.8) is 0 Å². The van der Waals surface area contributed by atoms with E-state index < -0.39 is 0 Å². The summed E-state index contributed by atoms with van der Waals surface area (Å²) < 4.78 is 5.56. The lowest BCUT2D eigenvalue weighted by atomic mass is 9.66. The molecule has 0 bridgehead atoms. The first-order valence-electron chi connectivity index (χ1n) is 10.4. The van der Waals surface area contributed by atoms with Crippen LogP contribution in [-0.4, -0.2) is 56.0 Å². The van der Waals surface area contributed by atoms with Crippen molar-refractivity contribution in [3.8, 4) is 5.75 Å². The highest BCUT2D eigenvalue weighted by atomic mass is 16.5. The van der Waals surface area contributed by atoms with Crippen LogP contribution in [0.2, 0.25) is 0 Å². The third kappa shape index (κ3) is 4.84. The highest BCUT2D eigenvalue weighted by Gasteiger charge is 2.40. The average molecular weight is 375 g/mol. The number of methoxy groups -OCH3 is 1. The second kappa shape index (κ2) is 9.09. The highest BCUT2D eigenvalue weighted by Crippen LogP contribution is 2.43. The number of benzene rings is 1. The molecule has 0 radical (unpaired) electrons.